The van der Waals surface area contributed by atoms with Crippen LogP contribution in [-0.4, -0.2) is 15.6 Å². The molecule has 0 aliphatic carbocycles. The van der Waals surface area contributed by atoms with Crippen molar-refractivity contribution in [3.8, 4) is 5.69 Å². The van der Waals surface area contributed by atoms with Crippen molar-refractivity contribution < 1.29 is 0 Å². The van der Waals surface area contributed by atoms with Gasteiger partial charge in [0.25, 0.3) is 0 Å². The minimum atomic E-state index is 0.476. The van der Waals surface area contributed by atoms with Gasteiger partial charge in [-0.3, -0.25) is 0 Å². The van der Waals surface area contributed by atoms with E-state index in [9.17, 15) is 0 Å². The second-order valence-corrected chi connectivity index (χ2v) is 6.19. The Hall–Kier alpha value is -1.13. The Kier molecular flexibility index (Phi) is 5.38. The van der Waals surface area contributed by atoms with Crippen LogP contribution >= 0.6 is 15.9 Å². The molecule has 0 fully saturated rings. The van der Waals surface area contributed by atoms with E-state index in [0.29, 0.717) is 6.04 Å². The predicted molar refractivity (Wildman–Crippen MR) is 87.2 cm³/mol. The molecule has 1 aromatic heterocycles. The Balaban J connectivity index is 2.37. The van der Waals surface area contributed by atoms with Crippen LogP contribution in [0.1, 0.15) is 38.6 Å². The van der Waals surface area contributed by atoms with Gasteiger partial charge in [0.1, 0.15) is 5.82 Å². The highest BCUT2D eigenvalue weighted by Crippen LogP contribution is 2.22. The summed E-state index contributed by atoms with van der Waals surface area (Å²) in [7, 11) is 0. The molecule has 0 aliphatic rings. The molecular formula is C16H22BrN3. The van der Waals surface area contributed by atoms with Crippen LogP contribution < -0.4 is 5.32 Å². The van der Waals surface area contributed by atoms with Gasteiger partial charge in [0.15, 0.2) is 0 Å². The highest BCUT2D eigenvalue weighted by atomic mass is 79.9. The van der Waals surface area contributed by atoms with Crippen molar-refractivity contribution in [2.75, 3.05) is 0 Å². The highest BCUT2D eigenvalue weighted by Gasteiger charge is 2.10. The predicted octanol–water partition coefficient (Wildman–Crippen LogP) is 4.09. The van der Waals surface area contributed by atoms with Crippen molar-refractivity contribution >= 4 is 15.9 Å². The molecule has 2 aromatic rings. The number of aryl methyl sites for hydroxylation is 1. The monoisotopic (exact) mass is 335 g/mol. The molecule has 3 nitrogen and oxygen atoms in total. The van der Waals surface area contributed by atoms with Gasteiger partial charge in [-0.25, -0.2) is 4.98 Å². The first-order valence-electron chi connectivity index (χ1n) is 7.16. The fourth-order valence-electron chi connectivity index (χ4n) is 2.19. The number of aromatic nitrogens is 2. The van der Waals surface area contributed by atoms with Gasteiger partial charge in [-0.1, -0.05) is 42.8 Å². The lowest BCUT2D eigenvalue weighted by molar-refractivity contribution is 0.587. The first-order valence-corrected chi connectivity index (χ1v) is 7.95. The van der Waals surface area contributed by atoms with Crippen LogP contribution in [0.5, 0.6) is 0 Å². The molecular weight excluding hydrogens is 314 g/mol. The first-order chi connectivity index (χ1) is 9.61. The van der Waals surface area contributed by atoms with E-state index >= 15 is 0 Å². The van der Waals surface area contributed by atoms with Crippen molar-refractivity contribution in [2.24, 2.45) is 0 Å². The average Bonchev–Trinajstić information content (AvgIpc) is 2.85. The number of halogens is 1. The Morgan fingerprint density at radius 3 is 2.85 bits per heavy atom. The number of nitrogens with one attached hydrogen (secondary N) is 1. The summed E-state index contributed by atoms with van der Waals surface area (Å²) < 4.78 is 3.29. The maximum atomic E-state index is 4.48. The molecule has 1 N–H and O–H groups in total. The zero-order valence-corrected chi connectivity index (χ0v) is 13.9. The third-order valence-electron chi connectivity index (χ3n) is 3.20. The molecule has 0 bridgehead atoms. The Labute approximate surface area is 129 Å². The standard InChI is InChI=1S/C16H22BrN3/c1-4-5-16-18-8-9-20(16)15-10-14(17)7-6-13(15)11-19-12(2)3/h6-10,12,19H,4-5,11H2,1-3H3. The smallest absolute Gasteiger partial charge is 0.113 e. The van der Waals surface area contributed by atoms with Crippen LogP contribution in [0.2, 0.25) is 0 Å². The van der Waals surface area contributed by atoms with Crippen molar-refractivity contribution in [3.05, 3.63) is 46.5 Å². The Morgan fingerprint density at radius 1 is 1.35 bits per heavy atom. The van der Waals surface area contributed by atoms with Crippen molar-refractivity contribution in [3.63, 3.8) is 0 Å². The van der Waals surface area contributed by atoms with Crippen LogP contribution in [0.25, 0.3) is 5.69 Å². The zero-order valence-electron chi connectivity index (χ0n) is 12.4. The SMILES string of the molecule is CCCc1nccn1-c1cc(Br)ccc1CNC(C)C. The van der Waals surface area contributed by atoms with E-state index in [2.05, 4.69) is 69.8 Å². The molecule has 0 saturated carbocycles. The fourth-order valence-corrected chi connectivity index (χ4v) is 2.54. The number of nitrogens with zero attached hydrogens (tertiary/aromatic N) is 2. The van der Waals surface area contributed by atoms with E-state index in [4.69, 9.17) is 0 Å². The largest absolute Gasteiger partial charge is 0.310 e. The van der Waals surface area contributed by atoms with Crippen molar-refractivity contribution in [1.29, 1.82) is 0 Å². The zero-order chi connectivity index (χ0) is 14.5. The minimum Gasteiger partial charge on any atom is -0.310 e. The third-order valence-corrected chi connectivity index (χ3v) is 3.69. The fraction of sp³-hybridized carbons (Fsp3) is 0.438. The molecule has 0 saturated heterocycles. The topological polar surface area (TPSA) is 29.9 Å². The summed E-state index contributed by atoms with van der Waals surface area (Å²) in [6, 6.07) is 6.91. The summed E-state index contributed by atoms with van der Waals surface area (Å²) in [4.78, 5) is 4.48. The van der Waals surface area contributed by atoms with E-state index in [-0.39, 0.29) is 0 Å². The summed E-state index contributed by atoms with van der Waals surface area (Å²) in [6.07, 6.45) is 6.03. The highest BCUT2D eigenvalue weighted by molar-refractivity contribution is 9.10. The minimum absolute atomic E-state index is 0.476. The average molecular weight is 336 g/mol. The van der Waals surface area contributed by atoms with Crippen LogP contribution in [0.4, 0.5) is 0 Å². The van der Waals surface area contributed by atoms with Gasteiger partial charge in [-0.15, -0.1) is 0 Å². The lowest BCUT2D eigenvalue weighted by Crippen LogP contribution is -2.22. The van der Waals surface area contributed by atoms with Crippen molar-refractivity contribution in [2.45, 2.75) is 46.2 Å². The number of rotatable bonds is 6. The molecule has 108 valence electrons. The van der Waals surface area contributed by atoms with Gasteiger partial charge in [-0.05, 0) is 24.1 Å². The molecule has 2 rings (SSSR count). The van der Waals surface area contributed by atoms with E-state index < -0.39 is 0 Å². The lowest BCUT2D eigenvalue weighted by Gasteiger charge is -2.15. The van der Waals surface area contributed by atoms with Crippen LogP contribution in [-0.2, 0) is 13.0 Å². The normalized spacial score (nSPS) is 11.2. The van der Waals surface area contributed by atoms with Crippen LogP contribution in [0.15, 0.2) is 35.1 Å². The van der Waals surface area contributed by atoms with E-state index in [1.54, 1.807) is 0 Å². The summed E-state index contributed by atoms with van der Waals surface area (Å²) >= 11 is 3.57. The first kappa shape index (κ1) is 15.3. The summed E-state index contributed by atoms with van der Waals surface area (Å²) in [5.41, 5.74) is 2.49. The van der Waals surface area contributed by atoms with E-state index in [0.717, 1.165) is 29.7 Å². The maximum Gasteiger partial charge on any atom is 0.113 e. The van der Waals surface area contributed by atoms with Gasteiger partial charge < -0.3 is 9.88 Å². The molecule has 0 amide bonds. The van der Waals surface area contributed by atoms with E-state index in [1.165, 1.54) is 11.3 Å². The number of hydrogen-bond donors (Lipinski definition) is 1. The van der Waals surface area contributed by atoms with Gasteiger partial charge in [0.05, 0.1) is 5.69 Å². The van der Waals surface area contributed by atoms with E-state index in [1.807, 2.05) is 12.4 Å². The summed E-state index contributed by atoms with van der Waals surface area (Å²) in [5, 5.41) is 3.49. The maximum absolute atomic E-state index is 4.48. The molecule has 1 aromatic carbocycles. The molecule has 1 heterocycles. The molecule has 4 heteroatoms. The Morgan fingerprint density at radius 2 is 2.15 bits per heavy atom. The quantitative estimate of drug-likeness (QED) is 0.861. The summed E-state index contributed by atoms with van der Waals surface area (Å²) in [5.74, 6) is 1.12. The Bertz CT molecular complexity index is 561. The molecule has 0 atom stereocenters. The van der Waals surface area contributed by atoms with Gasteiger partial charge >= 0.3 is 0 Å². The molecule has 0 spiro atoms. The number of hydrogen-bond acceptors (Lipinski definition) is 2. The molecule has 0 unspecified atom stereocenters. The molecule has 0 radical (unpaired) electrons. The third kappa shape index (κ3) is 3.70. The molecule has 0 aliphatic heterocycles. The summed E-state index contributed by atoms with van der Waals surface area (Å²) in [6.45, 7) is 7.38. The number of imidazole rings is 1. The second-order valence-electron chi connectivity index (χ2n) is 5.27. The van der Waals surface area contributed by atoms with Gasteiger partial charge in [0, 0.05) is 35.9 Å². The van der Waals surface area contributed by atoms with Crippen LogP contribution in [0.3, 0.4) is 0 Å². The second kappa shape index (κ2) is 7.04. The molecule has 20 heavy (non-hydrogen) atoms. The van der Waals surface area contributed by atoms with Crippen molar-refractivity contribution in [1.82, 2.24) is 14.9 Å². The van der Waals surface area contributed by atoms with Gasteiger partial charge in [-0.2, -0.15) is 0 Å². The lowest BCUT2D eigenvalue weighted by atomic mass is 10.1. The van der Waals surface area contributed by atoms with Crippen LogP contribution in [0, 0.1) is 0 Å². The van der Waals surface area contributed by atoms with Gasteiger partial charge in [0.2, 0.25) is 0 Å². The number of benzene rings is 1.